The Kier molecular flexibility index (Phi) is 6.70. The van der Waals surface area contributed by atoms with Crippen LogP contribution in [0.15, 0.2) is 54.9 Å². The van der Waals surface area contributed by atoms with Crippen molar-refractivity contribution in [3.63, 3.8) is 0 Å². The van der Waals surface area contributed by atoms with Crippen molar-refractivity contribution in [3.05, 3.63) is 71.7 Å². The summed E-state index contributed by atoms with van der Waals surface area (Å²) < 4.78 is 0. The summed E-state index contributed by atoms with van der Waals surface area (Å²) in [6.07, 6.45) is 6.70. The second kappa shape index (κ2) is 10.0. The number of nitrogens with one attached hydrogen (secondary N) is 2. The van der Waals surface area contributed by atoms with Gasteiger partial charge >= 0.3 is 0 Å². The fourth-order valence-electron chi connectivity index (χ4n) is 3.78. The molecule has 158 valence electrons. The molecule has 1 saturated heterocycles. The first-order valence-electron chi connectivity index (χ1n) is 10.8. The van der Waals surface area contributed by atoms with E-state index >= 15 is 0 Å². The number of hydrogen-bond acceptors (Lipinski definition) is 7. The van der Waals surface area contributed by atoms with Crippen LogP contribution < -0.4 is 15.5 Å². The van der Waals surface area contributed by atoms with Gasteiger partial charge in [-0.1, -0.05) is 25.5 Å². The normalized spacial score (nSPS) is 15.6. The Hall–Kier alpha value is -3.50. The second-order valence-electron chi connectivity index (χ2n) is 7.78. The molecule has 1 unspecified atom stereocenters. The Morgan fingerprint density at radius 3 is 2.94 bits per heavy atom. The number of benzene rings is 1. The highest BCUT2D eigenvalue weighted by Crippen LogP contribution is 2.23. The lowest BCUT2D eigenvalue weighted by molar-refractivity contribution is 0.550. The van der Waals surface area contributed by atoms with Crippen LogP contribution in [0, 0.1) is 11.3 Å². The molecule has 1 aliphatic rings. The lowest BCUT2D eigenvalue weighted by atomic mass is 10.2. The maximum absolute atomic E-state index is 9.15. The smallest absolute Gasteiger partial charge is 0.229 e. The molecule has 2 aromatic heterocycles. The topological polar surface area (TPSA) is 89.8 Å². The summed E-state index contributed by atoms with van der Waals surface area (Å²) in [5.74, 6) is 1.52. The molecule has 1 fully saturated rings. The molecule has 31 heavy (non-hydrogen) atoms. The molecule has 1 atom stereocenters. The van der Waals surface area contributed by atoms with Gasteiger partial charge in [-0.3, -0.25) is 4.98 Å². The zero-order valence-electron chi connectivity index (χ0n) is 17.8. The van der Waals surface area contributed by atoms with Crippen LogP contribution >= 0.6 is 0 Å². The lowest BCUT2D eigenvalue weighted by Crippen LogP contribution is -2.32. The van der Waals surface area contributed by atoms with Crippen LogP contribution in [0.2, 0.25) is 0 Å². The van der Waals surface area contributed by atoms with E-state index in [1.54, 1.807) is 12.3 Å². The average Bonchev–Trinajstić information content (AvgIpc) is 3.28. The third kappa shape index (κ3) is 5.56. The maximum atomic E-state index is 9.15. The predicted molar refractivity (Wildman–Crippen MR) is 122 cm³/mol. The zero-order valence-corrected chi connectivity index (χ0v) is 17.8. The Bertz CT molecular complexity index is 1050. The van der Waals surface area contributed by atoms with Crippen molar-refractivity contribution < 1.29 is 0 Å². The fraction of sp³-hybridized carbons (Fsp3) is 0.333. The van der Waals surface area contributed by atoms with Gasteiger partial charge in [0.25, 0.3) is 0 Å². The van der Waals surface area contributed by atoms with Crippen molar-refractivity contribution in [2.45, 2.75) is 38.8 Å². The Balaban J connectivity index is 1.46. The summed E-state index contributed by atoms with van der Waals surface area (Å²) in [5.41, 5.74) is 3.64. The van der Waals surface area contributed by atoms with Gasteiger partial charge in [0.15, 0.2) is 0 Å². The molecule has 4 rings (SSSR count). The summed E-state index contributed by atoms with van der Waals surface area (Å²) in [5, 5.41) is 16.1. The Labute approximate surface area is 183 Å². The van der Waals surface area contributed by atoms with Crippen molar-refractivity contribution in [3.8, 4) is 6.07 Å². The largest absolute Gasteiger partial charge is 0.355 e. The van der Waals surface area contributed by atoms with E-state index in [2.05, 4.69) is 50.6 Å². The zero-order chi connectivity index (χ0) is 21.5. The number of nitriles is 1. The standard InChI is InChI=1S/C24H27N7/c1-2-5-20-13-23(30-24(28-20)29-21-8-3-6-18(12-21)14-25)31-11-9-22(17-31)27-16-19-7-4-10-26-15-19/h3-4,6-8,10,12-13,15,22,27H,2,5,9,11,16-17H2,1H3,(H,28,29,30). The van der Waals surface area contributed by atoms with Gasteiger partial charge in [0.05, 0.1) is 11.6 Å². The summed E-state index contributed by atoms with van der Waals surface area (Å²) in [6, 6.07) is 16.1. The maximum Gasteiger partial charge on any atom is 0.229 e. The highest BCUT2D eigenvalue weighted by atomic mass is 15.3. The minimum Gasteiger partial charge on any atom is -0.355 e. The molecule has 7 heteroatoms. The average molecular weight is 414 g/mol. The summed E-state index contributed by atoms with van der Waals surface area (Å²) in [6.45, 7) is 4.83. The number of nitrogens with zero attached hydrogens (tertiary/aromatic N) is 5. The predicted octanol–water partition coefficient (Wildman–Crippen LogP) is 3.81. The van der Waals surface area contributed by atoms with Crippen LogP contribution in [-0.2, 0) is 13.0 Å². The third-order valence-electron chi connectivity index (χ3n) is 5.35. The molecule has 0 bridgehead atoms. The Morgan fingerprint density at radius 1 is 1.19 bits per heavy atom. The number of hydrogen-bond donors (Lipinski definition) is 2. The minimum atomic E-state index is 0.411. The first-order chi connectivity index (χ1) is 15.2. The van der Waals surface area contributed by atoms with Gasteiger partial charge in [-0.25, -0.2) is 4.98 Å². The first kappa shape index (κ1) is 20.8. The molecule has 7 nitrogen and oxygen atoms in total. The Morgan fingerprint density at radius 2 is 2.13 bits per heavy atom. The van der Waals surface area contributed by atoms with E-state index in [1.807, 2.05) is 30.5 Å². The molecule has 0 spiro atoms. The molecular weight excluding hydrogens is 386 g/mol. The molecule has 1 aromatic carbocycles. The summed E-state index contributed by atoms with van der Waals surface area (Å²) >= 11 is 0. The molecule has 0 aliphatic carbocycles. The summed E-state index contributed by atoms with van der Waals surface area (Å²) in [4.78, 5) is 16.0. The lowest BCUT2D eigenvalue weighted by Gasteiger charge is -2.20. The van der Waals surface area contributed by atoms with Gasteiger partial charge in [-0.2, -0.15) is 10.2 Å². The monoisotopic (exact) mass is 413 g/mol. The molecule has 0 amide bonds. The molecule has 3 heterocycles. The SMILES string of the molecule is CCCc1cc(N2CCC(NCc3cccnc3)C2)nc(Nc2cccc(C#N)c2)n1. The quantitative estimate of drug-likeness (QED) is 0.580. The van der Waals surface area contributed by atoms with E-state index in [4.69, 9.17) is 10.2 Å². The van der Waals surface area contributed by atoms with Crippen LogP contribution in [0.25, 0.3) is 0 Å². The van der Waals surface area contributed by atoms with Gasteiger partial charge in [0.1, 0.15) is 5.82 Å². The van der Waals surface area contributed by atoms with Crippen LogP contribution in [0.5, 0.6) is 0 Å². The van der Waals surface area contributed by atoms with E-state index in [9.17, 15) is 0 Å². The van der Waals surface area contributed by atoms with Crippen LogP contribution in [-0.4, -0.2) is 34.1 Å². The fourth-order valence-corrected chi connectivity index (χ4v) is 3.78. The van der Waals surface area contributed by atoms with E-state index in [-0.39, 0.29) is 0 Å². The number of aromatic nitrogens is 3. The van der Waals surface area contributed by atoms with Gasteiger partial charge in [0, 0.05) is 55.5 Å². The number of anilines is 3. The highest BCUT2D eigenvalue weighted by Gasteiger charge is 2.24. The molecule has 1 aliphatic heterocycles. The number of pyridine rings is 1. The van der Waals surface area contributed by atoms with Crippen LogP contribution in [0.3, 0.4) is 0 Å². The minimum absolute atomic E-state index is 0.411. The van der Waals surface area contributed by atoms with E-state index in [0.717, 1.165) is 56.1 Å². The molecule has 2 N–H and O–H groups in total. The van der Waals surface area contributed by atoms with Gasteiger partial charge in [0.2, 0.25) is 5.95 Å². The highest BCUT2D eigenvalue weighted by molar-refractivity contribution is 5.58. The van der Waals surface area contributed by atoms with Crippen molar-refractivity contribution in [2.75, 3.05) is 23.3 Å². The number of rotatable bonds is 8. The first-order valence-corrected chi connectivity index (χ1v) is 10.8. The molecule has 0 radical (unpaired) electrons. The van der Waals surface area contributed by atoms with Crippen LogP contribution in [0.4, 0.5) is 17.5 Å². The van der Waals surface area contributed by atoms with Crippen molar-refractivity contribution in [1.29, 1.82) is 5.26 Å². The molecule has 3 aromatic rings. The van der Waals surface area contributed by atoms with E-state index < -0.39 is 0 Å². The van der Waals surface area contributed by atoms with Crippen molar-refractivity contribution in [2.24, 2.45) is 0 Å². The van der Waals surface area contributed by atoms with Gasteiger partial charge in [-0.15, -0.1) is 0 Å². The van der Waals surface area contributed by atoms with Crippen molar-refractivity contribution >= 4 is 17.5 Å². The molecular formula is C24H27N7. The van der Waals surface area contributed by atoms with Crippen LogP contribution in [0.1, 0.15) is 36.6 Å². The van der Waals surface area contributed by atoms with Crippen molar-refractivity contribution in [1.82, 2.24) is 20.3 Å². The summed E-state index contributed by atoms with van der Waals surface area (Å²) in [7, 11) is 0. The third-order valence-corrected chi connectivity index (χ3v) is 5.35. The van der Waals surface area contributed by atoms with E-state index in [0.29, 0.717) is 17.6 Å². The van der Waals surface area contributed by atoms with Gasteiger partial charge < -0.3 is 15.5 Å². The van der Waals surface area contributed by atoms with Gasteiger partial charge in [-0.05, 0) is 42.7 Å². The second-order valence-corrected chi connectivity index (χ2v) is 7.78. The number of aryl methyl sites for hydroxylation is 1. The molecule has 0 saturated carbocycles. The van der Waals surface area contributed by atoms with E-state index in [1.165, 1.54) is 5.56 Å².